The molecule has 1 saturated carbocycles. The van der Waals surface area contributed by atoms with Gasteiger partial charge in [-0.25, -0.2) is 0 Å². The Kier molecular flexibility index (Phi) is 8.26. The first kappa shape index (κ1) is 27.0. The van der Waals surface area contributed by atoms with Crippen molar-refractivity contribution in [1.29, 1.82) is 0 Å². The molecule has 1 aliphatic rings. The number of alkyl halides is 6. The molecule has 0 aliphatic heterocycles. The van der Waals surface area contributed by atoms with Crippen LogP contribution in [0.3, 0.4) is 0 Å². The molecular weight excluding hydrogens is 492 g/mol. The first-order chi connectivity index (χ1) is 16.8. The fraction of sp³-hybridized carbons (Fsp3) is 0.375. The lowest BCUT2D eigenvalue weighted by atomic mass is 9.90. The zero-order valence-electron chi connectivity index (χ0n) is 18.8. The van der Waals surface area contributed by atoms with Crippen molar-refractivity contribution in [2.75, 3.05) is 6.54 Å². The fourth-order valence-electron chi connectivity index (χ4n) is 3.90. The van der Waals surface area contributed by atoms with Crippen molar-refractivity contribution in [3.05, 3.63) is 70.8 Å². The number of benzene rings is 2. The summed E-state index contributed by atoms with van der Waals surface area (Å²) in [6.07, 6.45) is -6.58. The number of hydrogen-bond acceptors (Lipinski definition) is 3. The van der Waals surface area contributed by atoms with Crippen LogP contribution in [0.5, 0.6) is 0 Å². The van der Waals surface area contributed by atoms with Crippen molar-refractivity contribution in [2.24, 2.45) is 0 Å². The van der Waals surface area contributed by atoms with Gasteiger partial charge in [0.05, 0.1) is 17.7 Å². The smallest absolute Gasteiger partial charge is 0.350 e. The zero-order chi connectivity index (χ0) is 26.5. The van der Waals surface area contributed by atoms with Crippen molar-refractivity contribution < 1.29 is 40.7 Å². The van der Waals surface area contributed by atoms with Gasteiger partial charge in [-0.05, 0) is 55.3 Å². The van der Waals surface area contributed by atoms with Crippen molar-refractivity contribution in [3.63, 3.8) is 0 Å². The quantitative estimate of drug-likeness (QED) is 0.501. The Hall–Kier alpha value is -3.57. The number of rotatable bonds is 6. The van der Waals surface area contributed by atoms with Crippen molar-refractivity contribution in [3.8, 4) is 0 Å². The van der Waals surface area contributed by atoms with E-state index in [1.54, 1.807) is 0 Å². The summed E-state index contributed by atoms with van der Waals surface area (Å²) in [4.78, 5) is 37.1. The maximum Gasteiger partial charge on any atom is 0.416 e. The molecule has 2 aromatic carbocycles. The predicted molar refractivity (Wildman–Crippen MR) is 117 cm³/mol. The molecule has 0 aromatic heterocycles. The number of nitrogens with one attached hydrogen (secondary N) is 3. The largest absolute Gasteiger partial charge is 0.416 e. The molecule has 12 heteroatoms. The maximum atomic E-state index is 12.8. The van der Waals surface area contributed by atoms with Gasteiger partial charge in [-0.2, -0.15) is 26.3 Å². The predicted octanol–water partition coefficient (Wildman–Crippen LogP) is 4.31. The highest BCUT2D eigenvalue weighted by Crippen LogP contribution is 2.30. The molecule has 194 valence electrons. The normalized spacial score (nSPS) is 18.3. The Bertz CT molecular complexity index is 1100. The van der Waals surface area contributed by atoms with Crippen LogP contribution >= 0.6 is 0 Å². The molecule has 0 unspecified atom stereocenters. The molecular formula is C24H23F6N3O3. The van der Waals surface area contributed by atoms with E-state index in [2.05, 4.69) is 16.0 Å². The Labute approximate surface area is 202 Å². The lowest BCUT2D eigenvalue weighted by Gasteiger charge is -2.33. The molecule has 0 bridgehead atoms. The van der Waals surface area contributed by atoms with Gasteiger partial charge in [0.25, 0.3) is 11.8 Å². The maximum absolute atomic E-state index is 12.8. The summed E-state index contributed by atoms with van der Waals surface area (Å²) in [6.45, 7) is -0.495. The Morgan fingerprint density at radius 2 is 1.31 bits per heavy atom. The third-order valence-electron chi connectivity index (χ3n) is 5.76. The number of amides is 3. The molecule has 2 atom stereocenters. The third kappa shape index (κ3) is 7.22. The summed E-state index contributed by atoms with van der Waals surface area (Å²) in [7, 11) is 0. The minimum absolute atomic E-state index is 0.0343. The minimum atomic E-state index is -4.62. The van der Waals surface area contributed by atoms with E-state index in [1.165, 1.54) is 6.07 Å². The highest BCUT2D eigenvalue weighted by molar-refractivity contribution is 5.97. The van der Waals surface area contributed by atoms with Crippen molar-refractivity contribution in [2.45, 2.75) is 50.1 Å². The Morgan fingerprint density at radius 1 is 0.722 bits per heavy atom. The topological polar surface area (TPSA) is 87.3 Å². The molecule has 3 N–H and O–H groups in total. The van der Waals surface area contributed by atoms with E-state index in [0.29, 0.717) is 18.9 Å². The van der Waals surface area contributed by atoms with Crippen LogP contribution in [0.1, 0.15) is 57.5 Å². The van der Waals surface area contributed by atoms with E-state index in [9.17, 15) is 40.7 Å². The van der Waals surface area contributed by atoms with Crippen LogP contribution in [-0.4, -0.2) is 36.3 Å². The second kappa shape index (κ2) is 11.0. The molecule has 0 spiro atoms. The lowest BCUT2D eigenvalue weighted by Crippen LogP contribution is -2.54. The van der Waals surface area contributed by atoms with Crippen LogP contribution in [-0.2, 0) is 17.1 Å². The molecule has 3 rings (SSSR count). The van der Waals surface area contributed by atoms with Gasteiger partial charge in [0.2, 0.25) is 5.91 Å². The summed E-state index contributed by atoms with van der Waals surface area (Å²) in [5.41, 5.74) is -2.09. The monoisotopic (exact) mass is 515 g/mol. The van der Waals surface area contributed by atoms with Crippen LogP contribution < -0.4 is 16.0 Å². The van der Waals surface area contributed by atoms with E-state index in [0.717, 1.165) is 49.2 Å². The van der Waals surface area contributed by atoms with E-state index < -0.39 is 59.8 Å². The molecule has 1 fully saturated rings. The molecule has 3 amide bonds. The van der Waals surface area contributed by atoms with Crippen LogP contribution in [0.4, 0.5) is 26.3 Å². The van der Waals surface area contributed by atoms with Crippen LogP contribution in [0.25, 0.3) is 0 Å². The van der Waals surface area contributed by atoms with Gasteiger partial charge in [0.1, 0.15) is 0 Å². The van der Waals surface area contributed by atoms with E-state index in [-0.39, 0.29) is 11.1 Å². The summed E-state index contributed by atoms with van der Waals surface area (Å²) < 4.78 is 76.7. The van der Waals surface area contributed by atoms with Crippen LogP contribution in [0.15, 0.2) is 48.5 Å². The van der Waals surface area contributed by atoms with E-state index >= 15 is 0 Å². The van der Waals surface area contributed by atoms with E-state index in [1.807, 2.05) is 0 Å². The SMILES string of the molecule is O=C(CNC(=O)c1cccc(C(F)(F)F)c1)N[C@H]1CCCC[C@H]1NC(=O)c1ccc(C(F)(F)F)cc1. The first-order valence-corrected chi connectivity index (χ1v) is 11.1. The number of carbonyl (C=O) groups excluding carboxylic acids is 3. The van der Waals surface area contributed by atoms with Gasteiger partial charge in [-0.15, -0.1) is 0 Å². The Balaban J connectivity index is 1.55. The lowest BCUT2D eigenvalue weighted by molar-refractivity contribution is -0.138. The second-order valence-electron chi connectivity index (χ2n) is 8.37. The molecule has 6 nitrogen and oxygen atoms in total. The van der Waals surface area contributed by atoms with Crippen molar-refractivity contribution in [1.82, 2.24) is 16.0 Å². The summed E-state index contributed by atoms with van der Waals surface area (Å²) >= 11 is 0. The van der Waals surface area contributed by atoms with Gasteiger partial charge >= 0.3 is 12.4 Å². The molecule has 0 radical (unpaired) electrons. The zero-order valence-corrected chi connectivity index (χ0v) is 18.8. The molecule has 0 heterocycles. The number of hydrogen-bond donors (Lipinski definition) is 3. The molecule has 2 aromatic rings. The number of carbonyl (C=O) groups is 3. The highest BCUT2D eigenvalue weighted by Gasteiger charge is 2.32. The average molecular weight is 515 g/mol. The molecule has 36 heavy (non-hydrogen) atoms. The van der Waals surface area contributed by atoms with Crippen LogP contribution in [0, 0.1) is 0 Å². The standard InChI is InChI=1S/C24H23F6N3O3/c25-23(26,27)16-10-8-14(9-11-16)22(36)33-19-7-2-1-6-18(19)32-20(34)13-31-21(35)15-4-3-5-17(12-15)24(28,29)30/h3-5,8-12,18-19H,1-2,6-7,13H2,(H,31,35)(H,32,34)(H,33,36)/t18-,19+/m0/s1. The molecule has 1 aliphatic carbocycles. The number of halogens is 6. The van der Waals surface area contributed by atoms with E-state index in [4.69, 9.17) is 0 Å². The second-order valence-corrected chi connectivity index (χ2v) is 8.37. The van der Waals surface area contributed by atoms with Gasteiger partial charge in [0.15, 0.2) is 0 Å². The highest BCUT2D eigenvalue weighted by atomic mass is 19.4. The first-order valence-electron chi connectivity index (χ1n) is 11.1. The van der Waals surface area contributed by atoms with Crippen LogP contribution in [0.2, 0.25) is 0 Å². The summed E-state index contributed by atoms with van der Waals surface area (Å²) in [5, 5.41) is 7.70. The fourth-order valence-corrected chi connectivity index (χ4v) is 3.90. The summed E-state index contributed by atoms with van der Waals surface area (Å²) in [5.74, 6) is -2.05. The third-order valence-corrected chi connectivity index (χ3v) is 5.76. The van der Waals surface area contributed by atoms with Gasteiger partial charge < -0.3 is 16.0 Å². The summed E-state index contributed by atoms with van der Waals surface area (Å²) in [6, 6.07) is 6.55. The average Bonchev–Trinajstić information content (AvgIpc) is 2.83. The Morgan fingerprint density at radius 3 is 1.89 bits per heavy atom. The van der Waals surface area contributed by atoms with Gasteiger partial charge in [0, 0.05) is 23.2 Å². The van der Waals surface area contributed by atoms with Crippen molar-refractivity contribution >= 4 is 17.7 Å². The van der Waals surface area contributed by atoms with Gasteiger partial charge in [-0.3, -0.25) is 14.4 Å². The molecule has 0 saturated heterocycles. The minimum Gasteiger partial charge on any atom is -0.350 e. The van der Waals surface area contributed by atoms with Gasteiger partial charge in [-0.1, -0.05) is 18.9 Å².